The van der Waals surface area contributed by atoms with E-state index in [2.05, 4.69) is 5.32 Å². The summed E-state index contributed by atoms with van der Waals surface area (Å²) in [4.78, 5) is 11.9. The summed E-state index contributed by atoms with van der Waals surface area (Å²) in [6, 6.07) is 9.11. The van der Waals surface area contributed by atoms with Gasteiger partial charge in [0.1, 0.15) is 19.0 Å². The first-order valence-corrected chi connectivity index (χ1v) is 7.14. The third kappa shape index (κ3) is 3.31. The van der Waals surface area contributed by atoms with Crippen LogP contribution in [0, 0.1) is 0 Å². The maximum absolute atomic E-state index is 11.9. The van der Waals surface area contributed by atoms with Gasteiger partial charge in [0.05, 0.1) is 12.3 Å². The Bertz CT molecular complexity index is 676. The molecule has 2 heterocycles. The summed E-state index contributed by atoms with van der Waals surface area (Å²) in [5.74, 6) is 1.92. The molecule has 0 spiro atoms. The highest BCUT2D eigenvalue weighted by atomic mass is 16.6. The van der Waals surface area contributed by atoms with Crippen molar-refractivity contribution >= 4 is 12.0 Å². The molecule has 114 valence electrons. The molecular weight excluding hydrogens is 282 g/mol. The van der Waals surface area contributed by atoms with E-state index in [9.17, 15) is 4.79 Å². The number of nitrogens with one attached hydrogen (secondary N) is 1. The predicted octanol–water partition coefficient (Wildman–Crippen LogP) is 2.94. The zero-order valence-corrected chi connectivity index (χ0v) is 12.2. The van der Waals surface area contributed by atoms with Crippen molar-refractivity contribution in [1.29, 1.82) is 0 Å². The lowest BCUT2D eigenvalue weighted by Crippen LogP contribution is -2.25. The molecule has 3 rings (SSSR count). The van der Waals surface area contributed by atoms with Gasteiger partial charge in [-0.1, -0.05) is 6.07 Å². The fourth-order valence-corrected chi connectivity index (χ4v) is 2.22. The summed E-state index contributed by atoms with van der Waals surface area (Å²) in [6.45, 7) is 3.03. The van der Waals surface area contributed by atoms with Crippen molar-refractivity contribution in [3.8, 4) is 11.5 Å². The fourth-order valence-electron chi connectivity index (χ4n) is 2.22. The van der Waals surface area contributed by atoms with Crippen LogP contribution in [0.2, 0.25) is 0 Å². The Balaban J connectivity index is 1.64. The van der Waals surface area contributed by atoms with Gasteiger partial charge in [0.2, 0.25) is 5.91 Å². The molecule has 5 nitrogen and oxygen atoms in total. The van der Waals surface area contributed by atoms with Crippen molar-refractivity contribution in [1.82, 2.24) is 5.32 Å². The van der Waals surface area contributed by atoms with Crippen molar-refractivity contribution in [2.24, 2.45) is 0 Å². The van der Waals surface area contributed by atoms with Crippen LogP contribution >= 0.6 is 0 Å². The molecule has 1 aromatic carbocycles. The number of hydrogen-bond donors (Lipinski definition) is 1. The summed E-state index contributed by atoms with van der Waals surface area (Å²) >= 11 is 0. The molecule has 0 aliphatic carbocycles. The summed E-state index contributed by atoms with van der Waals surface area (Å²) in [5, 5.41) is 2.90. The van der Waals surface area contributed by atoms with E-state index in [1.165, 1.54) is 6.08 Å². The van der Waals surface area contributed by atoms with Crippen LogP contribution < -0.4 is 14.8 Å². The van der Waals surface area contributed by atoms with Crippen LogP contribution in [0.4, 0.5) is 0 Å². The van der Waals surface area contributed by atoms with E-state index in [-0.39, 0.29) is 11.9 Å². The summed E-state index contributed by atoms with van der Waals surface area (Å²) in [5.41, 5.74) is 0.962. The van der Waals surface area contributed by atoms with Crippen LogP contribution in [0.1, 0.15) is 24.3 Å². The second-order valence-electron chi connectivity index (χ2n) is 4.98. The second kappa shape index (κ2) is 6.39. The lowest BCUT2D eigenvalue weighted by atomic mass is 10.1. The number of fused-ring (bicyclic) bond motifs is 1. The molecule has 0 fully saturated rings. The van der Waals surface area contributed by atoms with E-state index >= 15 is 0 Å². The van der Waals surface area contributed by atoms with Gasteiger partial charge in [-0.2, -0.15) is 0 Å². The van der Waals surface area contributed by atoms with Gasteiger partial charge in [-0.3, -0.25) is 4.79 Å². The smallest absolute Gasteiger partial charge is 0.244 e. The average molecular weight is 299 g/mol. The van der Waals surface area contributed by atoms with Gasteiger partial charge in [-0.15, -0.1) is 0 Å². The van der Waals surface area contributed by atoms with Gasteiger partial charge in [-0.25, -0.2) is 0 Å². The maximum atomic E-state index is 11.9. The Kier molecular flexibility index (Phi) is 4.14. The van der Waals surface area contributed by atoms with E-state index in [1.807, 2.05) is 25.1 Å². The lowest BCUT2D eigenvalue weighted by molar-refractivity contribution is -0.117. The predicted molar refractivity (Wildman–Crippen MR) is 81.7 cm³/mol. The third-order valence-corrected chi connectivity index (χ3v) is 3.37. The highest BCUT2D eigenvalue weighted by Crippen LogP contribution is 2.32. The summed E-state index contributed by atoms with van der Waals surface area (Å²) < 4.78 is 16.2. The average Bonchev–Trinajstić information content (AvgIpc) is 3.06. The van der Waals surface area contributed by atoms with Crippen LogP contribution in [0.15, 0.2) is 47.1 Å². The summed E-state index contributed by atoms with van der Waals surface area (Å²) in [6.07, 6.45) is 4.65. The normalized spacial score (nSPS) is 14.8. The van der Waals surface area contributed by atoms with Crippen LogP contribution in [0.5, 0.6) is 11.5 Å². The lowest BCUT2D eigenvalue weighted by Gasteiger charge is -2.20. The Hall–Kier alpha value is -2.69. The first-order chi connectivity index (χ1) is 10.7. The van der Waals surface area contributed by atoms with Crippen molar-refractivity contribution in [3.63, 3.8) is 0 Å². The standard InChI is InChI=1S/C17H17NO4/c1-12(18-17(19)7-5-14-3-2-8-20-14)13-4-6-15-16(11-13)22-10-9-21-15/h2-8,11-12H,9-10H2,1H3,(H,18,19)/b7-5+. The number of furan rings is 1. The molecule has 0 saturated carbocycles. The van der Waals surface area contributed by atoms with Gasteiger partial charge >= 0.3 is 0 Å². The van der Waals surface area contributed by atoms with Gasteiger partial charge in [0, 0.05) is 6.08 Å². The molecule has 22 heavy (non-hydrogen) atoms. The molecule has 0 bridgehead atoms. The molecule has 1 N–H and O–H groups in total. The molecule has 5 heteroatoms. The highest BCUT2D eigenvalue weighted by molar-refractivity contribution is 5.91. The molecule has 1 aliphatic rings. The molecule has 0 radical (unpaired) electrons. The number of ether oxygens (including phenoxy) is 2. The number of amides is 1. The van der Waals surface area contributed by atoms with Crippen molar-refractivity contribution in [3.05, 3.63) is 54.0 Å². The number of rotatable bonds is 4. The second-order valence-corrected chi connectivity index (χ2v) is 4.98. The van der Waals surface area contributed by atoms with Gasteiger partial charge in [0.15, 0.2) is 11.5 Å². The molecule has 2 aromatic rings. The monoisotopic (exact) mass is 299 g/mol. The third-order valence-electron chi connectivity index (χ3n) is 3.37. The van der Waals surface area contributed by atoms with Crippen molar-refractivity contribution in [2.75, 3.05) is 13.2 Å². The number of carbonyl (C=O) groups excluding carboxylic acids is 1. The quantitative estimate of drug-likeness (QED) is 0.882. The Morgan fingerprint density at radius 2 is 2.05 bits per heavy atom. The minimum absolute atomic E-state index is 0.135. The van der Waals surface area contributed by atoms with E-state index in [1.54, 1.807) is 24.5 Å². The molecular formula is C17H17NO4. The van der Waals surface area contributed by atoms with Crippen LogP contribution in [-0.2, 0) is 4.79 Å². The largest absolute Gasteiger partial charge is 0.486 e. The van der Waals surface area contributed by atoms with Crippen LogP contribution in [-0.4, -0.2) is 19.1 Å². The zero-order valence-electron chi connectivity index (χ0n) is 12.2. The van der Waals surface area contributed by atoms with Crippen LogP contribution in [0.3, 0.4) is 0 Å². The topological polar surface area (TPSA) is 60.7 Å². The van der Waals surface area contributed by atoms with E-state index < -0.39 is 0 Å². The molecule has 0 saturated heterocycles. The minimum Gasteiger partial charge on any atom is -0.486 e. The first-order valence-electron chi connectivity index (χ1n) is 7.14. The highest BCUT2D eigenvalue weighted by Gasteiger charge is 2.15. The Labute approximate surface area is 128 Å². The molecule has 1 unspecified atom stereocenters. The molecule has 1 aliphatic heterocycles. The SMILES string of the molecule is CC(NC(=O)/C=C/c1ccco1)c1ccc2c(c1)OCCO2. The van der Waals surface area contributed by atoms with Gasteiger partial charge in [-0.05, 0) is 42.8 Å². The summed E-state index contributed by atoms with van der Waals surface area (Å²) in [7, 11) is 0. The minimum atomic E-state index is -0.182. The van der Waals surface area contributed by atoms with E-state index in [0.717, 1.165) is 17.1 Å². The van der Waals surface area contributed by atoms with Crippen molar-refractivity contribution in [2.45, 2.75) is 13.0 Å². The molecule has 1 amide bonds. The van der Waals surface area contributed by atoms with Crippen molar-refractivity contribution < 1.29 is 18.7 Å². The Morgan fingerprint density at radius 1 is 1.23 bits per heavy atom. The fraction of sp³-hybridized carbons (Fsp3) is 0.235. The number of benzene rings is 1. The van der Waals surface area contributed by atoms with E-state index in [0.29, 0.717) is 19.0 Å². The first kappa shape index (κ1) is 14.3. The number of carbonyl (C=O) groups is 1. The molecule has 1 aromatic heterocycles. The van der Waals surface area contributed by atoms with Crippen LogP contribution in [0.25, 0.3) is 6.08 Å². The van der Waals surface area contributed by atoms with Gasteiger partial charge < -0.3 is 19.2 Å². The molecule has 1 atom stereocenters. The Morgan fingerprint density at radius 3 is 2.82 bits per heavy atom. The van der Waals surface area contributed by atoms with Gasteiger partial charge in [0.25, 0.3) is 0 Å². The maximum Gasteiger partial charge on any atom is 0.244 e. The number of hydrogen-bond acceptors (Lipinski definition) is 4. The van der Waals surface area contributed by atoms with E-state index in [4.69, 9.17) is 13.9 Å². The zero-order chi connectivity index (χ0) is 15.4.